The van der Waals surface area contributed by atoms with E-state index in [-0.39, 0.29) is 0 Å². The second kappa shape index (κ2) is 5.57. The van der Waals surface area contributed by atoms with Crippen LogP contribution in [0.4, 0.5) is 5.82 Å². The molecule has 3 heterocycles. The van der Waals surface area contributed by atoms with Gasteiger partial charge in [0.1, 0.15) is 11.9 Å². The fraction of sp³-hybridized carbons (Fsp3) is 0.438. The minimum atomic E-state index is 0.348. The molecule has 0 radical (unpaired) electrons. The normalized spacial score (nSPS) is 18.5. The summed E-state index contributed by atoms with van der Waals surface area (Å²) in [5.41, 5.74) is 2.78. The highest BCUT2D eigenvalue weighted by Crippen LogP contribution is 2.27. The summed E-state index contributed by atoms with van der Waals surface area (Å²) in [6.45, 7) is 5.82. The average molecular weight is 281 g/mol. The molecular formula is C16H19N5. The molecule has 21 heavy (non-hydrogen) atoms. The van der Waals surface area contributed by atoms with Crippen LogP contribution in [0.3, 0.4) is 0 Å². The molecule has 5 nitrogen and oxygen atoms in total. The summed E-state index contributed by atoms with van der Waals surface area (Å²) in [5, 5.41) is 13.7. The molecular weight excluding hydrogens is 262 g/mol. The largest absolute Gasteiger partial charge is 0.353 e. The molecule has 0 amide bonds. The van der Waals surface area contributed by atoms with Crippen molar-refractivity contribution in [3.8, 4) is 6.07 Å². The molecule has 108 valence electrons. The molecule has 1 saturated heterocycles. The van der Waals surface area contributed by atoms with E-state index in [2.05, 4.69) is 34.2 Å². The van der Waals surface area contributed by atoms with E-state index in [0.717, 1.165) is 37.4 Å². The van der Waals surface area contributed by atoms with Gasteiger partial charge in [0.25, 0.3) is 0 Å². The van der Waals surface area contributed by atoms with Gasteiger partial charge in [-0.25, -0.2) is 4.98 Å². The fourth-order valence-corrected chi connectivity index (χ4v) is 2.87. The number of nitrogens with zero attached hydrogens (tertiary/aromatic N) is 5. The van der Waals surface area contributed by atoms with Gasteiger partial charge in [-0.2, -0.15) is 10.4 Å². The van der Waals surface area contributed by atoms with E-state index in [1.54, 1.807) is 0 Å². The minimum Gasteiger partial charge on any atom is -0.353 e. The van der Waals surface area contributed by atoms with Crippen LogP contribution in [0.25, 0.3) is 0 Å². The lowest BCUT2D eigenvalue weighted by Gasteiger charge is -2.34. The lowest BCUT2D eigenvalue weighted by Crippen LogP contribution is -2.37. The minimum absolute atomic E-state index is 0.348. The fourth-order valence-electron chi connectivity index (χ4n) is 2.87. The van der Waals surface area contributed by atoms with Gasteiger partial charge >= 0.3 is 0 Å². The molecule has 0 N–H and O–H groups in total. The molecule has 0 aliphatic carbocycles. The van der Waals surface area contributed by atoms with Crippen LogP contribution in [-0.2, 0) is 0 Å². The van der Waals surface area contributed by atoms with Gasteiger partial charge < -0.3 is 4.90 Å². The van der Waals surface area contributed by atoms with Crippen LogP contribution in [0.5, 0.6) is 0 Å². The summed E-state index contributed by atoms with van der Waals surface area (Å²) >= 11 is 0. The van der Waals surface area contributed by atoms with E-state index in [4.69, 9.17) is 0 Å². The highest BCUT2D eigenvalue weighted by molar-refractivity contribution is 5.54. The molecule has 1 fully saturated rings. The van der Waals surface area contributed by atoms with Gasteiger partial charge in [0, 0.05) is 25.0 Å². The SMILES string of the molecule is Cc1cnn([C@H]2CCCN(c3nc(C)ccc3C#N)C2)c1. The summed E-state index contributed by atoms with van der Waals surface area (Å²) in [4.78, 5) is 6.79. The van der Waals surface area contributed by atoms with Gasteiger partial charge in [-0.3, -0.25) is 4.68 Å². The Balaban J connectivity index is 1.86. The van der Waals surface area contributed by atoms with Gasteiger partial charge in [0.2, 0.25) is 0 Å². The van der Waals surface area contributed by atoms with Crippen molar-refractivity contribution in [1.82, 2.24) is 14.8 Å². The average Bonchev–Trinajstić information content (AvgIpc) is 2.94. The lowest BCUT2D eigenvalue weighted by atomic mass is 10.1. The molecule has 1 aliphatic heterocycles. The smallest absolute Gasteiger partial charge is 0.146 e. The maximum absolute atomic E-state index is 9.29. The number of hydrogen-bond acceptors (Lipinski definition) is 4. The molecule has 1 atom stereocenters. The third kappa shape index (κ3) is 2.75. The molecule has 0 aromatic carbocycles. The van der Waals surface area contributed by atoms with Crippen molar-refractivity contribution >= 4 is 5.82 Å². The Labute approximate surface area is 124 Å². The number of pyridine rings is 1. The van der Waals surface area contributed by atoms with E-state index in [9.17, 15) is 5.26 Å². The number of aryl methyl sites for hydroxylation is 2. The third-order valence-corrected chi connectivity index (χ3v) is 3.94. The van der Waals surface area contributed by atoms with Crippen LogP contribution in [-0.4, -0.2) is 27.9 Å². The molecule has 1 aliphatic rings. The van der Waals surface area contributed by atoms with Crippen molar-refractivity contribution in [3.63, 3.8) is 0 Å². The molecule has 2 aromatic heterocycles. The standard InChI is InChI=1S/C16H19N5/c1-12-9-18-21(10-12)15-4-3-7-20(11-15)16-14(8-17)6-5-13(2)19-16/h5-6,9-10,15H,3-4,7,11H2,1-2H3/t15-/m0/s1. The van der Waals surface area contributed by atoms with Crippen molar-refractivity contribution < 1.29 is 0 Å². The summed E-state index contributed by atoms with van der Waals surface area (Å²) in [6.07, 6.45) is 6.18. The molecule has 0 saturated carbocycles. The van der Waals surface area contributed by atoms with Crippen molar-refractivity contribution in [2.24, 2.45) is 0 Å². The Bertz CT molecular complexity index is 682. The number of aromatic nitrogens is 3. The third-order valence-electron chi connectivity index (χ3n) is 3.94. The van der Waals surface area contributed by atoms with Crippen LogP contribution in [0, 0.1) is 25.2 Å². The van der Waals surface area contributed by atoms with Gasteiger partial charge in [-0.15, -0.1) is 0 Å². The molecule has 5 heteroatoms. The lowest BCUT2D eigenvalue weighted by molar-refractivity contribution is 0.374. The molecule has 0 spiro atoms. The Kier molecular flexibility index (Phi) is 3.61. The van der Waals surface area contributed by atoms with E-state index in [0.29, 0.717) is 11.6 Å². The Morgan fingerprint density at radius 3 is 2.90 bits per heavy atom. The second-order valence-corrected chi connectivity index (χ2v) is 5.68. The summed E-state index contributed by atoms with van der Waals surface area (Å²) in [7, 11) is 0. The zero-order valence-electron chi connectivity index (χ0n) is 12.5. The topological polar surface area (TPSA) is 57.7 Å². The Morgan fingerprint density at radius 1 is 1.33 bits per heavy atom. The number of hydrogen-bond donors (Lipinski definition) is 0. The second-order valence-electron chi connectivity index (χ2n) is 5.68. The predicted molar refractivity (Wildman–Crippen MR) is 81.1 cm³/mol. The van der Waals surface area contributed by atoms with E-state index >= 15 is 0 Å². The zero-order chi connectivity index (χ0) is 14.8. The first-order chi connectivity index (χ1) is 10.2. The Morgan fingerprint density at radius 2 is 2.19 bits per heavy atom. The quantitative estimate of drug-likeness (QED) is 0.849. The van der Waals surface area contributed by atoms with E-state index in [1.165, 1.54) is 5.56 Å². The first kappa shape index (κ1) is 13.6. The number of piperidine rings is 1. The molecule has 0 bridgehead atoms. The van der Waals surface area contributed by atoms with Gasteiger partial charge in [0.15, 0.2) is 0 Å². The van der Waals surface area contributed by atoms with Crippen LogP contribution >= 0.6 is 0 Å². The van der Waals surface area contributed by atoms with Crippen LogP contribution in [0.1, 0.15) is 35.7 Å². The predicted octanol–water partition coefficient (Wildman–Crippen LogP) is 2.61. The van der Waals surface area contributed by atoms with Gasteiger partial charge in [-0.05, 0) is 44.4 Å². The van der Waals surface area contributed by atoms with Gasteiger partial charge in [0.05, 0.1) is 17.8 Å². The molecule has 3 rings (SSSR count). The highest BCUT2D eigenvalue weighted by atomic mass is 15.3. The van der Waals surface area contributed by atoms with Gasteiger partial charge in [-0.1, -0.05) is 0 Å². The van der Waals surface area contributed by atoms with Crippen LogP contribution < -0.4 is 4.90 Å². The van der Waals surface area contributed by atoms with E-state index in [1.807, 2.05) is 29.9 Å². The highest BCUT2D eigenvalue weighted by Gasteiger charge is 2.24. The number of nitriles is 1. The maximum atomic E-state index is 9.29. The molecule has 0 unspecified atom stereocenters. The van der Waals surface area contributed by atoms with Crippen molar-refractivity contribution in [2.75, 3.05) is 18.0 Å². The summed E-state index contributed by atoms with van der Waals surface area (Å²) in [6, 6.07) is 6.35. The maximum Gasteiger partial charge on any atom is 0.146 e. The first-order valence-electron chi connectivity index (χ1n) is 7.31. The zero-order valence-corrected chi connectivity index (χ0v) is 12.5. The van der Waals surface area contributed by atoms with E-state index < -0.39 is 0 Å². The number of anilines is 1. The van der Waals surface area contributed by atoms with Crippen molar-refractivity contribution in [1.29, 1.82) is 5.26 Å². The van der Waals surface area contributed by atoms with Crippen LogP contribution in [0.2, 0.25) is 0 Å². The molecule has 2 aromatic rings. The summed E-state index contributed by atoms with van der Waals surface area (Å²) in [5.74, 6) is 0.811. The van der Waals surface area contributed by atoms with Crippen molar-refractivity contribution in [3.05, 3.63) is 41.3 Å². The monoisotopic (exact) mass is 281 g/mol. The Hall–Kier alpha value is -2.35. The van der Waals surface area contributed by atoms with Crippen molar-refractivity contribution in [2.45, 2.75) is 32.7 Å². The number of rotatable bonds is 2. The van der Waals surface area contributed by atoms with Crippen LogP contribution in [0.15, 0.2) is 24.5 Å². The first-order valence-corrected chi connectivity index (χ1v) is 7.31. The summed E-state index contributed by atoms with van der Waals surface area (Å²) < 4.78 is 2.04.